The van der Waals surface area contributed by atoms with Crippen LogP contribution in [0.4, 0.5) is 11.4 Å². The van der Waals surface area contributed by atoms with Crippen molar-refractivity contribution in [2.75, 3.05) is 49.5 Å². The first kappa shape index (κ1) is 17.2. The van der Waals surface area contributed by atoms with Gasteiger partial charge in [-0.2, -0.15) is 0 Å². The summed E-state index contributed by atoms with van der Waals surface area (Å²) in [7, 11) is 0. The maximum absolute atomic E-state index is 12.5. The summed E-state index contributed by atoms with van der Waals surface area (Å²) >= 11 is 0. The number of nitrogens with zero attached hydrogens (tertiary/aromatic N) is 2. The number of ether oxygens (including phenoxy) is 1. The van der Waals surface area contributed by atoms with Gasteiger partial charge in [-0.1, -0.05) is 19.1 Å². The molecule has 6 heteroatoms. The number of para-hydroxylation sites is 2. The van der Waals surface area contributed by atoms with Crippen molar-refractivity contribution in [3.05, 3.63) is 24.3 Å². The van der Waals surface area contributed by atoms with Gasteiger partial charge in [-0.15, -0.1) is 0 Å². The van der Waals surface area contributed by atoms with Crippen molar-refractivity contribution in [1.82, 2.24) is 4.90 Å². The van der Waals surface area contributed by atoms with E-state index in [0.717, 1.165) is 56.9 Å². The van der Waals surface area contributed by atoms with E-state index in [1.54, 1.807) is 0 Å². The molecule has 2 heterocycles. The zero-order valence-electron chi connectivity index (χ0n) is 14.4. The topological polar surface area (TPSA) is 70.8 Å². The van der Waals surface area contributed by atoms with Gasteiger partial charge in [0.2, 0.25) is 0 Å². The molecule has 0 bridgehead atoms. The highest BCUT2D eigenvalue weighted by Gasteiger charge is 2.30. The Morgan fingerprint density at radius 3 is 2.67 bits per heavy atom. The number of likely N-dealkylation sites (N-methyl/N-ethyl adjacent to an activating group) is 1. The summed E-state index contributed by atoms with van der Waals surface area (Å²) in [6.45, 7) is 7.84. The minimum atomic E-state index is -0.386. The van der Waals surface area contributed by atoms with Crippen molar-refractivity contribution >= 4 is 17.3 Å². The summed E-state index contributed by atoms with van der Waals surface area (Å²) in [5.74, 6) is -0.0643. The molecule has 0 aromatic heterocycles. The second-order valence-corrected chi connectivity index (χ2v) is 6.49. The third-order valence-corrected chi connectivity index (χ3v) is 4.98. The van der Waals surface area contributed by atoms with Gasteiger partial charge in [0, 0.05) is 32.7 Å². The fourth-order valence-corrected chi connectivity index (χ4v) is 3.45. The minimum absolute atomic E-state index is 0.0121. The lowest BCUT2D eigenvalue weighted by Crippen LogP contribution is -2.46. The fourth-order valence-electron chi connectivity index (χ4n) is 3.45. The molecule has 1 amide bonds. The summed E-state index contributed by atoms with van der Waals surface area (Å²) in [6, 6.07) is 8.03. The van der Waals surface area contributed by atoms with Crippen LogP contribution in [0.5, 0.6) is 0 Å². The second kappa shape index (κ2) is 7.96. The Hall–Kier alpha value is -1.63. The molecule has 2 saturated heterocycles. The molecule has 2 atom stereocenters. The Morgan fingerprint density at radius 1 is 1.25 bits per heavy atom. The number of carbonyl (C=O) groups is 1. The summed E-state index contributed by atoms with van der Waals surface area (Å²) < 4.78 is 5.70. The standard InChI is InChI=1S/C18H28N4O2/c1-2-21-9-11-22(12-10-21)16-6-4-3-5-15(16)20-18(23)17-8-7-14(13-19)24-17/h3-6,14,17H,2,7-13,19H2,1H3,(H,20,23)/t14-,17+/m1/s1. The molecule has 0 unspecified atom stereocenters. The largest absolute Gasteiger partial charge is 0.367 e. The lowest BCUT2D eigenvalue weighted by atomic mass is 10.1. The van der Waals surface area contributed by atoms with Gasteiger partial charge in [-0.25, -0.2) is 0 Å². The first-order chi connectivity index (χ1) is 11.7. The smallest absolute Gasteiger partial charge is 0.253 e. The lowest BCUT2D eigenvalue weighted by molar-refractivity contribution is -0.126. The van der Waals surface area contributed by atoms with Crippen LogP contribution >= 0.6 is 0 Å². The lowest BCUT2D eigenvalue weighted by Gasteiger charge is -2.36. The molecule has 132 valence electrons. The molecule has 2 aliphatic heterocycles. The average molecular weight is 332 g/mol. The van der Waals surface area contributed by atoms with E-state index in [4.69, 9.17) is 10.5 Å². The van der Waals surface area contributed by atoms with E-state index >= 15 is 0 Å². The van der Waals surface area contributed by atoms with Gasteiger partial charge in [0.15, 0.2) is 0 Å². The SMILES string of the molecule is CCN1CCN(c2ccccc2NC(=O)[C@@H]2CC[C@H](CN)O2)CC1. The van der Waals surface area contributed by atoms with E-state index in [1.165, 1.54) is 0 Å². The predicted octanol–water partition coefficient (Wildman–Crippen LogP) is 1.27. The van der Waals surface area contributed by atoms with Crippen LogP contribution in [-0.2, 0) is 9.53 Å². The highest BCUT2D eigenvalue weighted by molar-refractivity contribution is 5.97. The van der Waals surface area contributed by atoms with E-state index < -0.39 is 0 Å². The maximum atomic E-state index is 12.5. The van der Waals surface area contributed by atoms with Gasteiger partial charge < -0.3 is 25.6 Å². The number of rotatable bonds is 5. The zero-order chi connectivity index (χ0) is 16.9. The summed E-state index contributed by atoms with van der Waals surface area (Å²) in [6.07, 6.45) is 1.22. The van der Waals surface area contributed by atoms with Crippen molar-refractivity contribution in [1.29, 1.82) is 0 Å². The number of piperazine rings is 1. The van der Waals surface area contributed by atoms with Gasteiger partial charge in [-0.05, 0) is 31.5 Å². The molecule has 0 spiro atoms. The molecule has 1 aromatic rings. The number of nitrogens with one attached hydrogen (secondary N) is 1. The summed E-state index contributed by atoms with van der Waals surface area (Å²) in [5.41, 5.74) is 7.59. The van der Waals surface area contributed by atoms with Gasteiger partial charge >= 0.3 is 0 Å². The van der Waals surface area contributed by atoms with Gasteiger partial charge in [0.25, 0.3) is 5.91 Å². The van der Waals surface area contributed by atoms with E-state index in [0.29, 0.717) is 6.54 Å². The zero-order valence-corrected chi connectivity index (χ0v) is 14.4. The molecule has 24 heavy (non-hydrogen) atoms. The van der Waals surface area contributed by atoms with Crippen molar-refractivity contribution in [3.63, 3.8) is 0 Å². The van der Waals surface area contributed by atoms with Crippen molar-refractivity contribution in [2.45, 2.75) is 32.0 Å². The second-order valence-electron chi connectivity index (χ2n) is 6.49. The van der Waals surface area contributed by atoms with Gasteiger partial charge in [0.05, 0.1) is 17.5 Å². The Morgan fingerprint density at radius 2 is 2.00 bits per heavy atom. The highest BCUT2D eigenvalue weighted by atomic mass is 16.5. The van der Waals surface area contributed by atoms with Crippen LogP contribution in [-0.4, -0.2) is 62.3 Å². The highest BCUT2D eigenvalue weighted by Crippen LogP contribution is 2.28. The first-order valence-electron chi connectivity index (χ1n) is 8.94. The van der Waals surface area contributed by atoms with Crippen molar-refractivity contribution < 1.29 is 9.53 Å². The Labute approximate surface area is 143 Å². The Kier molecular flexibility index (Phi) is 5.71. The number of amides is 1. The molecule has 3 N–H and O–H groups in total. The van der Waals surface area contributed by atoms with Crippen LogP contribution in [0.3, 0.4) is 0 Å². The number of carbonyl (C=O) groups excluding carboxylic acids is 1. The number of anilines is 2. The normalized spacial score (nSPS) is 25.0. The van der Waals surface area contributed by atoms with Crippen LogP contribution in [0, 0.1) is 0 Å². The van der Waals surface area contributed by atoms with Crippen LogP contribution < -0.4 is 16.0 Å². The van der Waals surface area contributed by atoms with Crippen LogP contribution in [0.15, 0.2) is 24.3 Å². The molecule has 0 saturated carbocycles. The van der Waals surface area contributed by atoms with Crippen LogP contribution in [0.1, 0.15) is 19.8 Å². The third-order valence-electron chi connectivity index (χ3n) is 4.98. The molecule has 3 rings (SSSR count). The van der Waals surface area contributed by atoms with E-state index in [9.17, 15) is 4.79 Å². The van der Waals surface area contributed by atoms with Crippen LogP contribution in [0.25, 0.3) is 0 Å². The monoisotopic (exact) mass is 332 g/mol. The van der Waals surface area contributed by atoms with Gasteiger partial charge in [-0.3, -0.25) is 4.79 Å². The molecule has 1 aromatic carbocycles. The summed E-state index contributed by atoms with van der Waals surface area (Å²) in [5, 5.41) is 3.06. The van der Waals surface area contributed by atoms with E-state index in [-0.39, 0.29) is 18.1 Å². The fraction of sp³-hybridized carbons (Fsp3) is 0.611. The molecular weight excluding hydrogens is 304 g/mol. The van der Waals surface area contributed by atoms with Crippen molar-refractivity contribution in [3.8, 4) is 0 Å². The third kappa shape index (κ3) is 3.88. The maximum Gasteiger partial charge on any atom is 0.253 e. The number of benzene rings is 1. The van der Waals surface area contributed by atoms with Gasteiger partial charge in [0.1, 0.15) is 6.10 Å². The molecular formula is C18H28N4O2. The Bertz CT molecular complexity index is 558. The number of nitrogens with two attached hydrogens (primary N) is 1. The molecule has 6 nitrogen and oxygen atoms in total. The molecule has 2 aliphatic rings. The minimum Gasteiger partial charge on any atom is -0.367 e. The average Bonchev–Trinajstić information content (AvgIpc) is 3.12. The number of hydrogen-bond donors (Lipinski definition) is 2. The van der Waals surface area contributed by atoms with E-state index in [2.05, 4.69) is 28.1 Å². The number of hydrogen-bond acceptors (Lipinski definition) is 5. The molecule has 0 aliphatic carbocycles. The Balaban J connectivity index is 1.65. The van der Waals surface area contributed by atoms with Crippen molar-refractivity contribution in [2.24, 2.45) is 5.73 Å². The van der Waals surface area contributed by atoms with E-state index in [1.807, 2.05) is 18.2 Å². The predicted molar refractivity (Wildman–Crippen MR) is 96.3 cm³/mol. The summed E-state index contributed by atoms with van der Waals surface area (Å²) in [4.78, 5) is 17.3. The first-order valence-corrected chi connectivity index (χ1v) is 8.94. The van der Waals surface area contributed by atoms with Crippen LogP contribution in [0.2, 0.25) is 0 Å². The molecule has 2 fully saturated rings. The molecule has 0 radical (unpaired) electrons. The quantitative estimate of drug-likeness (QED) is 0.850.